The average molecular weight is 479 g/mol. The fraction of sp³-hybridized carbons (Fsp3) is 0.250. The van der Waals surface area contributed by atoms with Gasteiger partial charge in [-0.1, -0.05) is 18.2 Å². The van der Waals surface area contributed by atoms with Crippen LogP contribution in [0.4, 0.5) is 15.6 Å². The second kappa shape index (κ2) is 8.14. The number of carbonyl (C=O) groups is 3. The van der Waals surface area contributed by atoms with Crippen LogP contribution >= 0.6 is 11.3 Å². The lowest BCUT2D eigenvalue weighted by atomic mass is 9.91. The molecule has 2 aromatic carbocycles. The largest absolute Gasteiger partial charge is 0.454 e. The minimum Gasteiger partial charge on any atom is -0.454 e. The van der Waals surface area contributed by atoms with Crippen molar-refractivity contribution >= 4 is 40.0 Å². The summed E-state index contributed by atoms with van der Waals surface area (Å²) in [6, 6.07) is 12.2. The number of carbonyl (C=O) groups excluding carboxylic acids is 3. The van der Waals surface area contributed by atoms with Gasteiger partial charge in [0.15, 0.2) is 16.6 Å². The molecule has 0 aliphatic carbocycles. The Morgan fingerprint density at radius 2 is 2.00 bits per heavy atom. The number of benzene rings is 2. The number of anilines is 2. The summed E-state index contributed by atoms with van der Waals surface area (Å²) in [6.07, 6.45) is 0. The van der Waals surface area contributed by atoms with E-state index in [1.165, 1.54) is 23.2 Å². The van der Waals surface area contributed by atoms with E-state index in [2.05, 4.69) is 10.3 Å². The molecule has 3 aromatic rings. The van der Waals surface area contributed by atoms with Crippen LogP contribution in [0.25, 0.3) is 0 Å². The first-order valence-corrected chi connectivity index (χ1v) is 11.5. The molecule has 1 unspecified atom stereocenters. The number of hydrogen-bond acceptors (Lipinski definition) is 7. The van der Waals surface area contributed by atoms with Crippen LogP contribution in [0.3, 0.4) is 0 Å². The molecule has 4 amide bonds. The van der Waals surface area contributed by atoms with Crippen LogP contribution in [-0.2, 0) is 21.7 Å². The van der Waals surface area contributed by atoms with Crippen molar-refractivity contribution in [3.05, 3.63) is 64.7 Å². The third-order valence-corrected chi connectivity index (χ3v) is 6.73. The van der Waals surface area contributed by atoms with Gasteiger partial charge in [0.25, 0.3) is 5.91 Å². The maximum Gasteiger partial charge on any atom is 0.325 e. The van der Waals surface area contributed by atoms with E-state index in [4.69, 9.17) is 9.47 Å². The Morgan fingerprint density at radius 3 is 2.76 bits per heavy atom. The van der Waals surface area contributed by atoms with Gasteiger partial charge in [-0.15, -0.1) is 11.3 Å². The first kappa shape index (κ1) is 21.9. The van der Waals surface area contributed by atoms with Gasteiger partial charge in [-0.3, -0.25) is 19.4 Å². The van der Waals surface area contributed by atoms with Crippen molar-refractivity contribution in [1.82, 2.24) is 15.2 Å². The van der Waals surface area contributed by atoms with Crippen LogP contribution < -0.4 is 19.7 Å². The minimum absolute atomic E-state index is 0.0130. The number of imide groups is 1. The van der Waals surface area contributed by atoms with E-state index >= 15 is 0 Å². The predicted octanol–water partition coefficient (Wildman–Crippen LogP) is 3.83. The maximum atomic E-state index is 13.3. The number of nitrogens with one attached hydrogen (secondary N) is 1. The Labute approximate surface area is 199 Å². The number of thiazole rings is 1. The van der Waals surface area contributed by atoms with E-state index in [1.807, 2.05) is 31.2 Å². The molecule has 0 saturated carbocycles. The number of fused-ring (bicyclic) bond motifs is 1. The number of hydrogen-bond donors (Lipinski definition) is 1. The quantitative estimate of drug-likeness (QED) is 0.560. The monoisotopic (exact) mass is 478 g/mol. The lowest BCUT2D eigenvalue weighted by Crippen LogP contribution is -2.40. The summed E-state index contributed by atoms with van der Waals surface area (Å²) in [5.74, 6) is 0.549. The topological polar surface area (TPSA) is 101 Å². The Balaban J connectivity index is 1.38. The van der Waals surface area contributed by atoms with Crippen LogP contribution in [0.15, 0.2) is 47.8 Å². The summed E-state index contributed by atoms with van der Waals surface area (Å²) in [4.78, 5) is 45.7. The van der Waals surface area contributed by atoms with Gasteiger partial charge in [-0.05, 0) is 49.2 Å². The molecule has 9 nitrogen and oxygen atoms in total. The predicted molar refractivity (Wildman–Crippen MR) is 125 cm³/mol. The van der Waals surface area contributed by atoms with Crippen molar-refractivity contribution in [2.24, 2.45) is 0 Å². The third-order valence-electron chi connectivity index (χ3n) is 5.85. The summed E-state index contributed by atoms with van der Waals surface area (Å²) in [5.41, 5.74) is 1.58. The zero-order valence-electron chi connectivity index (χ0n) is 18.8. The van der Waals surface area contributed by atoms with Crippen LogP contribution in [-0.4, -0.2) is 34.5 Å². The highest BCUT2D eigenvalue weighted by Gasteiger charge is 2.49. The van der Waals surface area contributed by atoms with E-state index in [1.54, 1.807) is 30.5 Å². The van der Waals surface area contributed by atoms with Gasteiger partial charge in [-0.25, -0.2) is 9.78 Å². The number of aryl methyl sites for hydroxylation is 1. The molecule has 174 valence electrons. The van der Waals surface area contributed by atoms with Crippen LogP contribution in [0, 0.1) is 6.92 Å². The van der Waals surface area contributed by atoms with Gasteiger partial charge >= 0.3 is 6.03 Å². The fourth-order valence-electron chi connectivity index (χ4n) is 4.07. The molecule has 1 atom stereocenters. The molecule has 1 N–H and O–H groups in total. The normalized spacial score (nSPS) is 18.9. The second-order valence-corrected chi connectivity index (χ2v) is 9.17. The zero-order valence-corrected chi connectivity index (χ0v) is 19.6. The fourth-order valence-corrected chi connectivity index (χ4v) is 4.95. The molecule has 0 radical (unpaired) electrons. The molecular formula is C24H22N4O5S. The molecule has 34 heavy (non-hydrogen) atoms. The molecule has 1 saturated heterocycles. The molecule has 5 rings (SSSR count). The van der Waals surface area contributed by atoms with Gasteiger partial charge in [0.1, 0.15) is 5.54 Å². The molecule has 1 fully saturated rings. The van der Waals surface area contributed by atoms with Crippen molar-refractivity contribution < 1.29 is 23.9 Å². The van der Waals surface area contributed by atoms with Crippen LogP contribution in [0.2, 0.25) is 0 Å². The molecule has 2 aliphatic rings. The molecular weight excluding hydrogens is 456 g/mol. The highest BCUT2D eigenvalue weighted by molar-refractivity contribution is 7.14. The van der Waals surface area contributed by atoms with Gasteiger partial charge in [-0.2, -0.15) is 0 Å². The Morgan fingerprint density at radius 1 is 1.21 bits per heavy atom. The average Bonchev–Trinajstić information content (AvgIpc) is 3.50. The Kier molecular flexibility index (Phi) is 5.24. The van der Waals surface area contributed by atoms with E-state index in [-0.39, 0.29) is 19.2 Å². The van der Waals surface area contributed by atoms with Crippen LogP contribution in [0.1, 0.15) is 30.7 Å². The van der Waals surface area contributed by atoms with E-state index in [0.29, 0.717) is 33.6 Å². The van der Waals surface area contributed by atoms with Crippen molar-refractivity contribution in [2.75, 3.05) is 11.7 Å². The van der Waals surface area contributed by atoms with Crippen molar-refractivity contribution in [1.29, 1.82) is 0 Å². The van der Waals surface area contributed by atoms with Gasteiger partial charge < -0.3 is 14.8 Å². The molecule has 2 aliphatic heterocycles. The highest BCUT2D eigenvalue weighted by Crippen LogP contribution is 2.38. The molecule has 3 heterocycles. The minimum atomic E-state index is -1.25. The Hall–Kier alpha value is -3.92. The van der Waals surface area contributed by atoms with E-state index in [0.717, 1.165) is 10.5 Å². The van der Waals surface area contributed by atoms with Gasteiger partial charge in [0.05, 0.1) is 17.9 Å². The maximum absolute atomic E-state index is 13.3. The third kappa shape index (κ3) is 3.65. The van der Waals surface area contributed by atoms with Crippen molar-refractivity contribution in [2.45, 2.75) is 32.9 Å². The highest BCUT2D eigenvalue weighted by atomic mass is 32.1. The molecule has 0 bridgehead atoms. The molecule has 0 spiro atoms. The number of amides is 4. The summed E-state index contributed by atoms with van der Waals surface area (Å²) in [5, 5.41) is 5.01. The smallest absolute Gasteiger partial charge is 0.325 e. The van der Waals surface area contributed by atoms with Gasteiger partial charge in [0.2, 0.25) is 12.7 Å². The second-order valence-electron chi connectivity index (χ2n) is 8.33. The van der Waals surface area contributed by atoms with Crippen LogP contribution in [0.5, 0.6) is 11.5 Å². The first-order valence-electron chi connectivity index (χ1n) is 10.6. The number of rotatable bonds is 5. The lowest BCUT2D eigenvalue weighted by Gasteiger charge is -2.22. The zero-order chi connectivity index (χ0) is 24.0. The Bertz CT molecular complexity index is 1320. The summed E-state index contributed by atoms with van der Waals surface area (Å²) < 4.78 is 10.7. The van der Waals surface area contributed by atoms with Crippen molar-refractivity contribution in [3.8, 4) is 11.5 Å². The number of urea groups is 1. The molecule has 10 heteroatoms. The van der Waals surface area contributed by atoms with E-state index < -0.39 is 17.5 Å². The summed E-state index contributed by atoms with van der Waals surface area (Å²) >= 11 is 1.28. The molecule has 1 aromatic heterocycles. The number of nitrogens with zero attached hydrogens (tertiary/aromatic N) is 3. The standard InChI is InChI=1S/C24H22N4O5S/c1-14-5-4-6-18(9-14)28(15(2)29)23-25-17(12-34-23)11-27-21(30)24(3,26-22(27)31)16-7-8-19-20(10-16)33-13-32-19/h4-10,12H,11,13H2,1-3H3,(H,26,31). The SMILES string of the molecule is CC(=O)N(c1cccc(C)c1)c1nc(CN2C(=O)NC(C)(c3ccc4c(c3)OCO4)C2=O)cs1. The van der Waals surface area contributed by atoms with Gasteiger partial charge in [0, 0.05) is 12.3 Å². The first-order chi connectivity index (χ1) is 16.3. The summed E-state index contributed by atoms with van der Waals surface area (Å²) in [6.45, 7) is 5.18. The number of aromatic nitrogens is 1. The van der Waals surface area contributed by atoms with Crippen molar-refractivity contribution in [3.63, 3.8) is 0 Å². The lowest BCUT2D eigenvalue weighted by molar-refractivity contribution is -0.131. The van der Waals surface area contributed by atoms with E-state index in [9.17, 15) is 14.4 Å². The summed E-state index contributed by atoms with van der Waals surface area (Å²) in [7, 11) is 0. The number of ether oxygens (including phenoxy) is 2.